The summed E-state index contributed by atoms with van der Waals surface area (Å²) in [4.78, 5) is 13.9. The second-order valence-electron chi connectivity index (χ2n) is 5.04. The van der Waals surface area contributed by atoms with Gasteiger partial charge in [-0.1, -0.05) is 30.3 Å². The number of amides is 1. The van der Waals surface area contributed by atoms with Crippen molar-refractivity contribution >= 4 is 5.91 Å². The Balaban J connectivity index is 1.91. The lowest BCUT2D eigenvalue weighted by Gasteiger charge is -2.30. The van der Waals surface area contributed by atoms with E-state index in [4.69, 9.17) is 4.74 Å². The van der Waals surface area contributed by atoms with Gasteiger partial charge in [0.2, 0.25) is 5.91 Å². The lowest BCUT2D eigenvalue weighted by atomic mass is 10.0. The maximum atomic E-state index is 12.0. The van der Waals surface area contributed by atoms with Crippen molar-refractivity contribution in [2.45, 2.75) is 31.6 Å². The molecule has 1 aromatic rings. The van der Waals surface area contributed by atoms with Crippen molar-refractivity contribution in [3.8, 4) is 0 Å². The summed E-state index contributed by atoms with van der Waals surface area (Å²) in [6.45, 7) is 2.06. The average molecular weight is 231 g/mol. The predicted molar refractivity (Wildman–Crippen MR) is 64.4 cm³/mol. The van der Waals surface area contributed by atoms with Crippen LogP contribution in [-0.2, 0) is 9.53 Å². The summed E-state index contributed by atoms with van der Waals surface area (Å²) in [5, 5.41) is 0. The number of fused-ring (bicyclic) bond motifs is 1. The molecule has 0 spiro atoms. The molecule has 0 aromatic heterocycles. The number of carbonyl (C=O) groups excluding carboxylic acids is 1. The lowest BCUT2D eigenvalue weighted by Crippen LogP contribution is -2.38. The Bertz CT molecular complexity index is 431. The third-order valence-corrected chi connectivity index (χ3v) is 3.90. The maximum Gasteiger partial charge on any atom is 0.228 e. The topological polar surface area (TPSA) is 29.5 Å². The van der Waals surface area contributed by atoms with Crippen LogP contribution in [0.3, 0.4) is 0 Å². The summed E-state index contributed by atoms with van der Waals surface area (Å²) in [6.07, 6.45) is 1.03. The van der Waals surface area contributed by atoms with Crippen molar-refractivity contribution in [3.05, 3.63) is 35.9 Å². The molecule has 2 fully saturated rings. The first kappa shape index (κ1) is 10.8. The summed E-state index contributed by atoms with van der Waals surface area (Å²) < 4.78 is 6.06. The molecular weight excluding hydrogens is 214 g/mol. The molecule has 3 nitrogen and oxygen atoms in total. The quantitative estimate of drug-likeness (QED) is 0.739. The van der Waals surface area contributed by atoms with E-state index in [1.165, 1.54) is 0 Å². The average Bonchev–Trinajstić information content (AvgIpc) is 3.13. The molecule has 1 heterocycles. The number of hydrogen-bond acceptors (Lipinski definition) is 2. The van der Waals surface area contributed by atoms with Crippen LogP contribution < -0.4 is 0 Å². The minimum Gasteiger partial charge on any atom is -0.367 e. The number of ether oxygens (including phenoxy) is 1. The van der Waals surface area contributed by atoms with Crippen LogP contribution in [0.1, 0.15) is 25.0 Å². The molecule has 0 unspecified atom stereocenters. The highest BCUT2D eigenvalue weighted by Gasteiger charge is 2.51. The van der Waals surface area contributed by atoms with Gasteiger partial charge in [-0.05, 0) is 18.9 Å². The summed E-state index contributed by atoms with van der Waals surface area (Å²) in [5.74, 6) is 0.345. The van der Waals surface area contributed by atoms with E-state index in [0.717, 1.165) is 12.0 Å². The van der Waals surface area contributed by atoms with Gasteiger partial charge in [0.15, 0.2) is 0 Å². The molecular formula is C14H17NO2. The van der Waals surface area contributed by atoms with Crippen LogP contribution in [0.15, 0.2) is 30.3 Å². The van der Waals surface area contributed by atoms with E-state index >= 15 is 0 Å². The molecule has 1 saturated heterocycles. The van der Waals surface area contributed by atoms with Crippen molar-refractivity contribution < 1.29 is 9.53 Å². The molecule has 4 atom stereocenters. The normalized spacial score (nSPS) is 36.4. The Labute approximate surface area is 101 Å². The number of hydrogen-bond donors (Lipinski definition) is 0. The zero-order chi connectivity index (χ0) is 12.0. The molecule has 0 N–H and O–H groups in total. The molecule has 2 aliphatic rings. The Morgan fingerprint density at radius 1 is 1.29 bits per heavy atom. The van der Waals surface area contributed by atoms with Crippen LogP contribution in [0.4, 0.5) is 0 Å². The van der Waals surface area contributed by atoms with Gasteiger partial charge in [0.05, 0.1) is 18.1 Å². The highest BCUT2D eigenvalue weighted by Crippen LogP contribution is 2.43. The minimum absolute atomic E-state index is 0.00245. The Hall–Kier alpha value is -1.35. The molecule has 1 aliphatic carbocycles. The van der Waals surface area contributed by atoms with Crippen LogP contribution in [0.25, 0.3) is 0 Å². The van der Waals surface area contributed by atoms with Gasteiger partial charge >= 0.3 is 0 Å². The van der Waals surface area contributed by atoms with E-state index in [9.17, 15) is 4.79 Å². The van der Waals surface area contributed by atoms with E-state index in [-0.39, 0.29) is 30.1 Å². The number of likely N-dealkylation sites (N-methyl/N-ethyl adjacent to an activating group) is 1. The summed E-state index contributed by atoms with van der Waals surface area (Å²) in [6, 6.07) is 10.3. The molecule has 3 rings (SSSR count). The van der Waals surface area contributed by atoms with Crippen LogP contribution in [0.2, 0.25) is 0 Å². The molecule has 1 aromatic carbocycles. The van der Waals surface area contributed by atoms with Gasteiger partial charge in [0, 0.05) is 7.05 Å². The number of benzene rings is 1. The van der Waals surface area contributed by atoms with Gasteiger partial charge in [0.25, 0.3) is 0 Å². The van der Waals surface area contributed by atoms with E-state index < -0.39 is 0 Å². The summed E-state index contributed by atoms with van der Waals surface area (Å²) in [7, 11) is 1.88. The predicted octanol–water partition coefficient (Wildman–Crippen LogP) is 1.99. The van der Waals surface area contributed by atoms with E-state index in [0.29, 0.717) is 0 Å². The van der Waals surface area contributed by atoms with Gasteiger partial charge < -0.3 is 9.64 Å². The van der Waals surface area contributed by atoms with Crippen molar-refractivity contribution in [2.24, 2.45) is 5.92 Å². The Morgan fingerprint density at radius 2 is 2.00 bits per heavy atom. The zero-order valence-electron chi connectivity index (χ0n) is 10.2. The van der Waals surface area contributed by atoms with Gasteiger partial charge in [0.1, 0.15) is 6.10 Å². The second kappa shape index (κ2) is 3.84. The van der Waals surface area contributed by atoms with Crippen molar-refractivity contribution in [1.82, 2.24) is 4.90 Å². The first-order valence-corrected chi connectivity index (χ1v) is 6.15. The molecule has 1 amide bonds. The van der Waals surface area contributed by atoms with Crippen LogP contribution in [-0.4, -0.2) is 30.0 Å². The van der Waals surface area contributed by atoms with Crippen LogP contribution in [0, 0.1) is 5.92 Å². The van der Waals surface area contributed by atoms with Crippen molar-refractivity contribution in [3.63, 3.8) is 0 Å². The van der Waals surface area contributed by atoms with E-state index in [1.54, 1.807) is 0 Å². The van der Waals surface area contributed by atoms with E-state index in [2.05, 4.69) is 19.1 Å². The monoisotopic (exact) mass is 231 g/mol. The highest BCUT2D eigenvalue weighted by atomic mass is 16.5. The van der Waals surface area contributed by atoms with Gasteiger partial charge in [-0.25, -0.2) is 0 Å². The van der Waals surface area contributed by atoms with Gasteiger partial charge in [-0.15, -0.1) is 0 Å². The fourth-order valence-corrected chi connectivity index (χ4v) is 2.55. The third-order valence-electron chi connectivity index (χ3n) is 3.90. The Morgan fingerprint density at radius 3 is 2.71 bits per heavy atom. The smallest absolute Gasteiger partial charge is 0.228 e. The standard InChI is InChI=1S/C14H17NO2/c1-9-13(10-6-4-3-5-7-10)17-12-8-11(12)14(16)15(9)2/h3-7,9,11-13H,8H2,1-2H3/t9-,11+,12-,13+/m1/s1. The molecule has 0 bridgehead atoms. The first-order valence-electron chi connectivity index (χ1n) is 6.15. The number of nitrogens with zero attached hydrogens (tertiary/aromatic N) is 1. The molecule has 90 valence electrons. The number of rotatable bonds is 1. The van der Waals surface area contributed by atoms with Crippen LogP contribution in [0.5, 0.6) is 0 Å². The fraction of sp³-hybridized carbons (Fsp3) is 0.500. The van der Waals surface area contributed by atoms with Crippen LogP contribution >= 0.6 is 0 Å². The maximum absolute atomic E-state index is 12.0. The van der Waals surface area contributed by atoms with E-state index in [1.807, 2.05) is 30.1 Å². The lowest BCUT2D eigenvalue weighted by molar-refractivity contribution is -0.133. The molecule has 3 heteroatoms. The first-order chi connectivity index (χ1) is 8.18. The second-order valence-corrected chi connectivity index (χ2v) is 5.04. The third kappa shape index (κ3) is 1.75. The SMILES string of the molecule is C[C@@H]1[C@@H](c2ccccc2)O[C@@H]2C[C@@H]2C(=O)N1C. The van der Waals surface area contributed by atoms with Gasteiger partial charge in [-0.3, -0.25) is 4.79 Å². The van der Waals surface area contributed by atoms with Crippen molar-refractivity contribution in [2.75, 3.05) is 7.05 Å². The van der Waals surface area contributed by atoms with Gasteiger partial charge in [-0.2, -0.15) is 0 Å². The zero-order valence-corrected chi connectivity index (χ0v) is 10.2. The summed E-state index contributed by atoms with van der Waals surface area (Å²) in [5.41, 5.74) is 1.16. The van der Waals surface area contributed by atoms with Crippen molar-refractivity contribution in [1.29, 1.82) is 0 Å². The number of carbonyl (C=O) groups is 1. The highest BCUT2D eigenvalue weighted by molar-refractivity contribution is 5.82. The largest absolute Gasteiger partial charge is 0.367 e. The fourth-order valence-electron chi connectivity index (χ4n) is 2.55. The Kier molecular flexibility index (Phi) is 2.44. The molecule has 1 aliphatic heterocycles. The summed E-state index contributed by atoms with van der Waals surface area (Å²) >= 11 is 0. The molecule has 1 saturated carbocycles. The minimum atomic E-state index is 0.00245. The molecule has 0 radical (unpaired) electrons. The molecule has 17 heavy (non-hydrogen) atoms.